The van der Waals surface area contributed by atoms with Crippen molar-refractivity contribution in [3.8, 4) is 0 Å². The van der Waals surface area contributed by atoms with Crippen molar-refractivity contribution in [3.63, 3.8) is 0 Å². The van der Waals surface area contributed by atoms with Gasteiger partial charge in [0.05, 0.1) is 19.4 Å². The summed E-state index contributed by atoms with van der Waals surface area (Å²) < 4.78 is 12.1. The quantitative estimate of drug-likeness (QED) is 0.372. The molecule has 1 amide bonds. The Morgan fingerprint density at radius 1 is 1.34 bits per heavy atom. The number of aliphatic hydroxyl groups excluding tert-OH is 2. The molecule has 1 aliphatic rings. The van der Waals surface area contributed by atoms with Crippen molar-refractivity contribution in [2.45, 2.75) is 58.2 Å². The highest BCUT2D eigenvalue weighted by molar-refractivity contribution is 5.91. The van der Waals surface area contributed by atoms with Crippen LogP contribution in [0.5, 0.6) is 0 Å². The molecule has 0 unspecified atom stereocenters. The van der Waals surface area contributed by atoms with Gasteiger partial charge in [-0.2, -0.15) is 4.98 Å². The summed E-state index contributed by atoms with van der Waals surface area (Å²) >= 11 is 0. The first-order valence-electron chi connectivity index (χ1n) is 10.0. The molecule has 1 saturated heterocycles. The van der Waals surface area contributed by atoms with Crippen LogP contribution >= 0.6 is 0 Å². The van der Waals surface area contributed by atoms with Crippen molar-refractivity contribution in [1.29, 1.82) is 0 Å². The first-order valence-corrected chi connectivity index (χ1v) is 10.0. The smallest absolute Gasteiger partial charge is 0.306 e. The van der Waals surface area contributed by atoms with Gasteiger partial charge in [-0.1, -0.05) is 13.8 Å². The monoisotopic (exact) mass is 451 g/mol. The van der Waals surface area contributed by atoms with Gasteiger partial charge in [0, 0.05) is 12.3 Å². The lowest BCUT2D eigenvalue weighted by Crippen LogP contribution is -2.38. The Bertz CT molecular complexity index is 1080. The van der Waals surface area contributed by atoms with Gasteiger partial charge in [0.2, 0.25) is 11.9 Å². The first kappa shape index (κ1) is 23.5. The van der Waals surface area contributed by atoms with Crippen molar-refractivity contribution in [2.75, 3.05) is 11.9 Å². The van der Waals surface area contributed by atoms with Crippen LogP contribution in [-0.4, -0.2) is 72.3 Å². The van der Waals surface area contributed by atoms with Gasteiger partial charge in [-0.15, -0.1) is 0 Å². The third-order valence-electron chi connectivity index (χ3n) is 4.91. The number of fused-ring (bicyclic) bond motifs is 1. The van der Waals surface area contributed by atoms with Crippen molar-refractivity contribution in [3.05, 3.63) is 16.7 Å². The molecule has 0 aromatic carbocycles. The van der Waals surface area contributed by atoms with E-state index in [2.05, 4.69) is 20.3 Å². The second-order valence-electron chi connectivity index (χ2n) is 7.78. The molecule has 3 heterocycles. The van der Waals surface area contributed by atoms with Crippen LogP contribution in [0, 0.1) is 5.92 Å². The average Bonchev–Trinajstić information content (AvgIpc) is 3.28. The van der Waals surface area contributed by atoms with Crippen LogP contribution in [0.3, 0.4) is 0 Å². The number of rotatable bonds is 8. The zero-order chi connectivity index (χ0) is 23.6. The number of amides is 1. The van der Waals surface area contributed by atoms with Gasteiger partial charge in [0.1, 0.15) is 18.0 Å². The van der Waals surface area contributed by atoms with E-state index in [1.807, 2.05) is 0 Å². The molecule has 32 heavy (non-hydrogen) atoms. The molecule has 0 radical (unpaired) electrons. The molecule has 1 aliphatic heterocycles. The molecule has 2 aromatic heterocycles. The van der Waals surface area contributed by atoms with E-state index in [9.17, 15) is 29.4 Å². The summed E-state index contributed by atoms with van der Waals surface area (Å²) in [6.45, 7) is 4.12. The number of H-pyrrole nitrogens is 1. The SMILES string of the molecule is CC(=O)CCC(=O)O[C@H]1[C@@H](O)[C@H](n2cnc3c(=O)[nH]c(NC(=O)C(C)C)nc32)O[C@@H]1CO. The number of esters is 1. The number of Topliss-reactive ketones (excluding diaryl/α,β-unsaturated/α-hetero) is 1. The van der Waals surface area contributed by atoms with Gasteiger partial charge in [0.15, 0.2) is 23.5 Å². The highest BCUT2D eigenvalue weighted by Crippen LogP contribution is 2.33. The molecule has 4 atom stereocenters. The number of aromatic nitrogens is 4. The zero-order valence-electron chi connectivity index (χ0n) is 17.8. The number of nitrogens with zero attached hydrogens (tertiary/aromatic N) is 3. The van der Waals surface area contributed by atoms with E-state index in [-0.39, 0.29) is 47.6 Å². The largest absolute Gasteiger partial charge is 0.457 e. The van der Waals surface area contributed by atoms with Gasteiger partial charge in [0.25, 0.3) is 5.56 Å². The molecule has 0 spiro atoms. The lowest BCUT2D eigenvalue weighted by Gasteiger charge is -2.20. The highest BCUT2D eigenvalue weighted by Gasteiger charge is 2.47. The maximum absolute atomic E-state index is 12.4. The average molecular weight is 451 g/mol. The van der Waals surface area contributed by atoms with E-state index in [1.165, 1.54) is 17.8 Å². The van der Waals surface area contributed by atoms with Crippen LogP contribution in [0.25, 0.3) is 11.2 Å². The minimum absolute atomic E-state index is 0.0112. The fraction of sp³-hybridized carbons (Fsp3) is 0.579. The molecule has 3 rings (SSSR count). The fourth-order valence-electron chi connectivity index (χ4n) is 3.16. The minimum Gasteiger partial charge on any atom is -0.457 e. The number of carbonyl (C=O) groups excluding carboxylic acids is 3. The predicted molar refractivity (Wildman–Crippen MR) is 108 cm³/mol. The Morgan fingerprint density at radius 3 is 2.69 bits per heavy atom. The highest BCUT2D eigenvalue weighted by atomic mass is 16.6. The van der Waals surface area contributed by atoms with Gasteiger partial charge in [-0.25, -0.2) is 4.98 Å². The summed E-state index contributed by atoms with van der Waals surface area (Å²) in [5.41, 5.74) is -0.672. The second kappa shape index (κ2) is 9.54. The third-order valence-corrected chi connectivity index (χ3v) is 4.91. The Balaban J connectivity index is 1.88. The summed E-state index contributed by atoms with van der Waals surface area (Å²) in [6.07, 6.45) is -3.88. The topological polar surface area (TPSA) is 186 Å². The lowest BCUT2D eigenvalue weighted by atomic mass is 10.1. The van der Waals surface area contributed by atoms with Crippen LogP contribution in [0.2, 0.25) is 0 Å². The maximum atomic E-state index is 12.4. The molecule has 4 N–H and O–H groups in total. The fourth-order valence-corrected chi connectivity index (χ4v) is 3.16. The van der Waals surface area contributed by atoms with Gasteiger partial charge >= 0.3 is 5.97 Å². The Labute approximate surface area is 181 Å². The van der Waals surface area contributed by atoms with Crippen LogP contribution < -0.4 is 10.9 Å². The number of aliphatic hydroxyl groups is 2. The number of aromatic amines is 1. The third kappa shape index (κ3) is 4.84. The number of hydrogen-bond acceptors (Lipinski definition) is 10. The number of nitrogens with one attached hydrogen (secondary N) is 2. The molecule has 2 aromatic rings. The number of ketones is 1. The molecule has 0 aliphatic carbocycles. The standard InChI is InChI=1S/C19H25N5O8/c1-8(2)16(29)22-19-21-15-12(17(30)23-19)20-7-24(15)18-13(28)14(10(6-25)31-18)32-11(27)5-4-9(3)26/h7-8,10,13-14,18,25,28H,4-6H2,1-3H3,(H2,21,22,23,29,30)/t10-,13-,14-,18-/m1/s1. The summed E-state index contributed by atoms with van der Waals surface area (Å²) in [6, 6.07) is 0. The summed E-state index contributed by atoms with van der Waals surface area (Å²) in [4.78, 5) is 58.0. The Kier molecular flexibility index (Phi) is 7.01. The Morgan fingerprint density at radius 2 is 2.06 bits per heavy atom. The van der Waals surface area contributed by atoms with Crippen molar-refractivity contribution < 1.29 is 34.1 Å². The number of ether oxygens (including phenoxy) is 2. The summed E-state index contributed by atoms with van der Waals surface area (Å²) in [7, 11) is 0. The Hall–Kier alpha value is -3.16. The predicted octanol–water partition coefficient (Wildman–Crippen LogP) is -0.754. The number of imidazole rings is 1. The molecule has 174 valence electrons. The molecule has 13 heteroatoms. The van der Waals surface area contributed by atoms with Crippen LogP contribution in [0.1, 0.15) is 39.8 Å². The first-order chi connectivity index (χ1) is 15.1. The van der Waals surface area contributed by atoms with E-state index in [0.717, 1.165) is 0 Å². The van der Waals surface area contributed by atoms with E-state index in [0.29, 0.717) is 0 Å². The number of hydrogen-bond donors (Lipinski definition) is 4. The number of anilines is 1. The molecule has 0 bridgehead atoms. The molecule has 1 fully saturated rings. The zero-order valence-corrected chi connectivity index (χ0v) is 17.8. The molecular weight excluding hydrogens is 426 g/mol. The maximum Gasteiger partial charge on any atom is 0.306 e. The van der Waals surface area contributed by atoms with Crippen molar-refractivity contribution in [1.82, 2.24) is 19.5 Å². The van der Waals surface area contributed by atoms with Crippen molar-refractivity contribution >= 4 is 34.8 Å². The van der Waals surface area contributed by atoms with Gasteiger partial charge in [-0.3, -0.25) is 29.3 Å². The van der Waals surface area contributed by atoms with Crippen molar-refractivity contribution in [2.24, 2.45) is 5.92 Å². The van der Waals surface area contributed by atoms with E-state index >= 15 is 0 Å². The van der Waals surface area contributed by atoms with E-state index in [4.69, 9.17) is 9.47 Å². The van der Waals surface area contributed by atoms with Crippen LogP contribution in [0.4, 0.5) is 5.95 Å². The van der Waals surface area contributed by atoms with E-state index < -0.39 is 42.7 Å². The second-order valence-corrected chi connectivity index (χ2v) is 7.78. The number of carbonyl (C=O) groups is 3. The van der Waals surface area contributed by atoms with Crippen LogP contribution in [-0.2, 0) is 23.9 Å². The molecule has 13 nitrogen and oxygen atoms in total. The van der Waals surface area contributed by atoms with Gasteiger partial charge in [-0.05, 0) is 6.92 Å². The minimum atomic E-state index is -1.43. The van der Waals surface area contributed by atoms with Crippen LogP contribution in [0.15, 0.2) is 11.1 Å². The van der Waals surface area contributed by atoms with E-state index in [1.54, 1.807) is 13.8 Å². The normalized spacial score (nSPS) is 22.9. The summed E-state index contributed by atoms with van der Waals surface area (Å²) in [5.74, 6) is -1.75. The van der Waals surface area contributed by atoms with Gasteiger partial charge < -0.3 is 24.5 Å². The lowest BCUT2D eigenvalue weighted by molar-refractivity contribution is -0.157. The summed E-state index contributed by atoms with van der Waals surface area (Å²) in [5, 5.41) is 22.9. The molecular formula is C19H25N5O8. The molecule has 0 saturated carbocycles.